The molecule has 0 spiro atoms. The number of aromatic amines is 1. The van der Waals surface area contributed by atoms with Gasteiger partial charge in [-0.15, -0.1) is 0 Å². The van der Waals surface area contributed by atoms with Gasteiger partial charge in [-0.3, -0.25) is 9.59 Å². The van der Waals surface area contributed by atoms with Crippen LogP contribution in [0.1, 0.15) is 36.7 Å². The molecule has 0 aliphatic heterocycles. The van der Waals surface area contributed by atoms with Crippen molar-refractivity contribution < 1.29 is 4.79 Å². The maximum atomic E-state index is 12.8. The van der Waals surface area contributed by atoms with Gasteiger partial charge >= 0.3 is 0 Å². The van der Waals surface area contributed by atoms with Gasteiger partial charge in [-0.25, -0.2) is 4.57 Å². The van der Waals surface area contributed by atoms with Gasteiger partial charge < -0.3 is 4.98 Å². The van der Waals surface area contributed by atoms with Crippen LogP contribution in [0.3, 0.4) is 0 Å². The van der Waals surface area contributed by atoms with Crippen LogP contribution in [-0.2, 0) is 5.41 Å². The molecule has 3 aromatic rings. The lowest BCUT2D eigenvalue weighted by atomic mass is 9.87. The molecule has 0 amide bonds. The quantitative estimate of drug-likeness (QED) is 0.681. The third-order valence-corrected chi connectivity index (χ3v) is 4.29. The Morgan fingerprint density at radius 2 is 1.67 bits per heavy atom. The molecule has 0 aliphatic carbocycles. The van der Waals surface area contributed by atoms with E-state index in [0.717, 1.165) is 10.1 Å². The van der Waals surface area contributed by atoms with Crippen molar-refractivity contribution in [2.45, 2.75) is 26.2 Å². The average molecular weight is 338 g/mol. The predicted octanol–water partition coefficient (Wildman–Crippen LogP) is 4.05. The van der Waals surface area contributed by atoms with Gasteiger partial charge in [-0.2, -0.15) is 0 Å². The Kier molecular flexibility index (Phi) is 3.97. The number of nitrogens with zero attached hydrogens (tertiary/aromatic N) is 1. The topological polar surface area (TPSA) is 54.9 Å². The third-order valence-electron chi connectivity index (χ3n) is 4.01. The molecule has 4 nitrogen and oxygen atoms in total. The van der Waals surface area contributed by atoms with Crippen LogP contribution in [0.25, 0.3) is 10.9 Å². The maximum absolute atomic E-state index is 12.8. The first-order valence-electron chi connectivity index (χ1n) is 7.68. The number of hydrogen-bond acceptors (Lipinski definition) is 3. The lowest BCUT2D eigenvalue weighted by Crippen LogP contribution is -2.29. The molecule has 3 rings (SSSR count). The molecule has 1 N–H and O–H groups in total. The minimum absolute atomic E-state index is 0.00167. The second kappa shape index (κ2) is 5.83. The van der Waals surface area contributed by atoms with Crippen LogP contribution in [0.15, 0.2) is 53.3 Å². The van der Waals surface area contributed by atoms with E-state index in [4.69, 9.17) is 12.2 Å². The Bertz CT molecular complexity index is 1040. The zero-order valence-corrected chi connectivity index (χ0v) is 14.6. The summed E-state index contributed by atoms with van der Waals surface area (Å²) in [5.74, 6) is -0.424. The summed E-state index contributed by atoms with van der Waals surface area (Å²) < 4.78 is 1.12. The Balaban J connectivity index is 2.12. The van der Waals surface area contributed by atoms with Crippen LogP contribution in [0, 0.1) is 4.77 Å². The first-order valence-corrected chi connectivity index (χ1v) is 8.09. The SMILES string of the molecule is CC(C)(C)c1ccc(C(=O)n2c(=S)[nH]c3ccccc3c2=O)cc1. The average Bonchev–Trinajstić information content (AvgIpc) is 2.54. The van der Waals surface area contributed by atoms with Crippen LogP contribution in [0.2, 0.25) is 0 Å². The van der Waals surface area contributed by atoms with E-state index in [1.807, 2.05) is 18.2 Å². The molecule has 0 fully saturated rings. The second-order valence-electron chi connectivity index (χ2n) is 6.75. The number of para-hydroxylation sites is 1. The van der Waals surface area contributed by atoms with Crippen molar-refractivity contribution in [3.8, 4) is 0 Å². The number of aromatic nitrogens is 2. The summed E-state index contributed by atoms with van der Waals surface area (Å²) in [6.45, 7) is 6.32. The molecular formula is C19H18N2O2S. The van der Waals surface area contributed by atoms with Crippen molar-refractivity contribution in [2.75, 3.05) is 0 Å². The van der Waals surface area contributed by atoms with E-state index in [-0.39, 0.29) is 10.2 Å². The molecule has 0 radical (unpaired) electrons. The fourth-order valence-electron chi connectivity index (χ4n) is 2.59. The molecule has 1 aromatic heterocycles. The second-order valence-corrected chi connectivity index (χ2v) is 7.14. The summed E-state index contributed by atoms with van der Waals surface area (Å²) in [6, 6.07) is 14.3. The standard InChI is InChI=1S/C19H18N2O2S/c1-19(2,3)13-10-8-12(9-11-13)16(22)21-17(23)14-6-4-5-7-15(14)20-18(21)24/h4-11H,1-3H3,(H,20,24). The minimum Gasteiger partial charge on any atom is -0.331 e. The van der Waals surface area contributed by atoms with Gasteiger partial charge in [0.1, 0.15) is 0 Å². The van der Waals surface area contributed by atoms with Crippen LogP contribution >= 0.6 is 12.2 Å². The summed E-state index contributed by atoms with van der Waals surface area (Å²) in [6.07, 6.45) is 0. The van der Waals surface area contributed by atoms with Crippen LogP contribution < -0.4 is 5.56 Å². The summed E-state index contributed by atoms with van der Waals surface area (Å²) >= 11 is 5.21. The number of H-pyrrole nitrogens is 1. The highest BCUT2D eigenvalue weighted by atomic mass is 32.1. The normalized spacial score (nSPS) is 11.6. The number of rotatable bonds is 1. The van der Waals surface area contributed by atoms with Crippen molar-refractivity contribution in [1.82, 2.24) is 9.55 Å². The highest BCUT2D eigenvalue weighted by molar-refractivity contribution is 7.71. The largest absolute Gasteiger partial charge is 0.331 e. The molecule has 0 atom stereocenters. The van der Waals surface area contributed by atoms with E-state index in [2.05, 4.69) is 25.8 Å². The molecule has 0 saturated heterocycles. The first kappa shape index (κ1) is 16.3. The molecule has 0 aliphatic rings. The number of fused-ring (bicyclic) bond motifs is 1. The zero-order chi connectivity index (χ0) is 17.5. The van der Waals surface area contributed by atoms with Crippen molar-refractivity contribution in [2.24, 2.45) is 0 Å². The number of nitrogens with one attached hydrogen (secondary N) is 1. The first-order chi connectivity index (χ1) is 11.3. The van der Waals surface area contributed by atoms with Crippen LogP contribution in [-0.4, -0.2) is 15.5 Å². The van der Waals surface area contributed by atoms with E-state index >= 15 is 0 Å². The summed E-state index contributed by atoms with van der Waals surface area (Å²) in [7, 11) is 0. The molecule has 122 valence electrons. The van der Waals surface area contributed by atoms with Gasteiger partial charge in [0.15, 0.2) is 4.77 Å². The summed E-state index contributed by atoms with van der Waals surface area (Å²) in [5.41, 5.74) is 1.77. The van der Waals surface area contributed by atoms with Crippen molar-refractivity contribution in [3.05, 3.63) is 74.8 Å². The molecular weight excluding hydrogens is 320 g/mol. The van der Waals surface area contributed by atoms with Crippen molar-refractivity contribution >= 4 is 29.0 Å². The Labute approximate surface area is 144 Å². The highest BCUT2D eigenvalue weighted by Gasteiger charge is 2.17. The van der Waals surface area contributed by atoms with Crippen molar-refractivity contribution in [3.63, 3.8) is 0 Å². The zero-order valence-electron chi connectivity index (χ0n) is 13.8. The van der Waals surface area contributed by atoms with Crippen molar-refractivity contribution in [1.29, 1.82) is 0 Å². The Hall–Kier alpha value is -2.53. The smallest absolute Gasteiger partial charge is 0.269 e. The lowest BCUT2D eigenvalue weighted by molar-refractivity contribution is 0.0953. The molecule has 5 heteroatoms. The molecule has 0 unspecified atom stereocenters. The van der Waals surface area contributed by atoms with E-state index in [1.54, 1.807) is 30.3 Å². The molecule has 24 heavy (non-hydrogen) atoms. The van der Waals surface area contributed by atoms with Gasteiger partial charge in [-0.05, 0) is 47.5 Å². The molecule has 2 aromatic carbocycles. The lowest BCUT2D eigenvalue weighted by Gasteiger charge is -2.19. The third kappa shape index (κ3) is 2.83. The Morgan fingerprint density at radius 1 is 1.04 bits per heavy atom. The summed E-state index contributed by atoms with van der Waals surface area (Å²) in [4.78, 5) is 28.4. The van der Waals surface area contributed by atoms with Crippen LogP contribution in [0.4, 0.5) is 0 Å². The monoisotopic (exact) mass is 338 g/mol. The van der Waals surface area contributed by atoms with Gasteiger partial charge in [0.25, 0.3) is 11.5 Å². The van der Waals surface area contributed by atoms with Crippen LogP contribution in [0.5, 0.6) is 0 Å². The van der Waals surface area contributed by atoms with E-state index < -0.39 is 11.5 Å². The molecule has 0 bridgehead atoms. The fourth-order valence-corrected chi connectivity index (χ4v) is 2.86. The van der Waals surface area contributed by atoms with Gasteiger partial charge in [0.2, 0.25) is 0 Å². The van der Waals surface area contributed by atoms with Gasteiger partial charge in [-0.1, -0.05) is 45.0 Å². The number of carbonyl (C=O) groups is 1. The minimum atomic E-state index is -0.424. The van der Waals surface area contributed by atoms with E-state index in [1.165, 1.54) is 0 Å². The summed E-state index contributed by atoms with van der Waals surface area (Å²) in [5, 5.41) is 0.436. The predicted molar refractivity (Wildman–Crippen MR) is 98.3 cm³/mol. The van der Waals surface area contributed by atoms with Gasteiger partial charge in [0.05, 0.1) is 10.9 Å². The number of hydrogen-bond donors (Lipinski definition) is 1. The van der Waals surface area contributed by atoms with E-state index in [9.17, 15) is 9.59 Å². The maximum Gasteiger partial charge on any atom is 0.269 e. The molecule has 0 saturated carbocycles. The number of benzene rings is 2. The molecule has 1 heterocycles. The fraction of sp³-hybridized carbons (Fsp3) is 0.211. The number of carbonyl (C=O) groups excluding carboxylic acids is 1. The highest BCUT2D eigenvalue weighted by Crippen LogP contribution is 2.22. The van der Waals surface area contributed by atoms with E-state index in [0.29, 0.717) is 16.5 Å². The Morgan fingerprint density at radius 3 is 2.29 bits per heavy atom. The van der Waals surface area contributed by atoms with Gasteiger partial charge in [0, 0.05) is 5.56 Å².